The smallest absolute Gasteiger partial charge is 0.353 e. The van der Waals surface area contributed by atoms with Crippen molar-refractivity contribution in [2.45, 2.75) is 94.6 Å². The Balaban J connectivity index is 1.50. The SMILES string of the molecule is C[C@H](NC(=O)C1CC(Cn2ccn(C)c2=N)CC(C2CCCNC2C(F)(F)F)C1)C1CCC(F)C(Cl)C1. The molecule has 1 aliphatic heterocycles. The lowest BCUT2D eigenvalue weighted by Gasteiger charge is -2.44. The molecule has 2 heterocycles. The Morgan fingerprint density at radius 1 is 1.22 bits per heavy atom. The summed E-state index contributed by atoms with van der Waals surface area (Å²) in [6, 6.07) is -1.73. The zero-order valence-electron chi connectivity index (χ0n) is 21.6. The maximum atomic E-state index is 13.9. The highest BCUT2D eigenvalue weighted by Crippen LogP contribution is 2.44. The lowest BCUT2D eigenvalue weighted by atomic mass is 9.66. The minimum atomic E-state index is -4.33. The summed E-state index contributed by atoms with van der Waals surface area (Å²) in [4.78, 5) is 13.5. The average molecular weight is 550 g/mol. The molecule has 4 rings (SSSR count). The van der Waals surface area contributed by atoms with Gasteiger partial charge in [-0.1, -0.05) is 0 Å². The van der Waals surface area contributed by atoms with E-state index in [-0.39, 0.29) is 29.7 Å². The molecule has 3 N–H and O–H groups in total. The third-order valence-corrected chi connectivity index (χ3v) is 9.47. The minimum absolute atomic E-state index is 0.00804. The minimum Gasteiger partial charge on any atom is -0.353 e. The van der Waals surface area contributed by atoms with Crippen LogP contribution >= 0.6 is 11.6 Å². The van der Waals surface area contributed by atoms with Crippen molar-refractivity contribution in [2.24, 2.45) is 36.6 Å². The molecule has 2 aliphatic carbocycles. The fourth-order valence-corrected chi connectivity index (χ4v) is 7.30. The molecule has 1 aromatic heterocycles. The van der Waals surface area contributed by atoms with Gasteiger partial charge in [0.2, 0.25) is 11.5 Å². The molecule has 1 amide bonds. The Bertz CT molecular complexity index is 981. The van der Waals surface area contributed by atoms with Crippen molar-refractivity contribution in [1.29, 1.82) is 5.41 Å². The lowest BCUT2D eigenvalue weighted by Crippen LogP contribution is -2.54. The Kier molecular flexibility index (Phi) is 8.98. The maximum absolute atomic E-state index is 13.9. The second-order valence-corrected chi connectivity index (χ2v) is 12.2. The molecule has 1 aromatic rings. The number of rotatable bonds is 6. The van der Waals surface area contributed by atoms with Crippen molar-refractivity contribution >= 4 is 17.5 Å². The van der Waals surface area contributed by atoms with Crippen LogP contribution in [-0.2, 0) is 18.4 Å². The van der Waals surface area contributed by atoms with Crippen molar-refractivity contribution < 1.29 is 22.4 Å². The molecule has 210 valence electrons. The first-order valence-corrected chi connectivity index (χ1v) is 14.0. The monoisotopic (exact) mass is 549 g/mol. The maximum Gasteiger partial charge on any atom is 0.404 e. The molecule has 1 saturated heterocycles. The molecule has 3 aliphatic rings. The zero-order chi connectivity index (χ0) is 26.9. The van der Waals surface area contributed by atoms with Gasteiger partial charge in [-0.15, -0.1) is 11.6 Å². The topological polar surface area (TPSA) is 74.8 Å². The molecule has 6 nitrogen and oxygen atoms in total. The molecule has 8 unspecified atom stereocenters. The van der Waals surface area contributed by atoms with Crippen LogP contribution in [0.15, 0.2) is 12.4 Å². The summed E-state index contributed by atoms with van der Waals surface area (Å²) in [7, 11) is 1.78. The molecule has 2 saturated carbocycles. The van der Waals surface area contributed by atoms with Crippen LogP contribution in [0.4, 0.5) is 17.6 Å². The number of nitrogens with one attached hydrogen (secondary N) is 3. The Hall–Kier alpha value is -1.55. The van der Waals surface area contributed by atoms with Crippen LogP contribution in [0.2, 0.25) is 0 Å². The van der Waals surface area contributed by atoms with Gasteiger partial charge in [0.25, 0.3) is 0 Å². The van der Waals surface area contributed by atoms with Crippen molar-refractivity contribution in [3.05, 3.63) is 18.0 Å². The second-order valence-electron chi connectivity index (χ2n) is 11.6. The Morgan fingerprint density at radius 2 is 1.97 bits per heavy atom. The van der Waals surface area contributed by atoms with Gasteiger partial charge in [-0.05, 0) is 88.5 Å². The third-order valence-electron chi connectivity index (χ3n) is 9.02. The first kappa shape index (κ1) is 28.5. The first-order valence-electron chi connectivity index (χ1n) is 13.6. The van der Waals surface area contributed by atoms with Gasteiger partial charge in [-0.25, -0.2) is 4.39 Å². The van der Waals surface area contributed by atoms with Gasteiger partial charge in [0.1, 0.15) is 12.2 Å². The highest BCUT2D eigenvalue weighted by molar-refractivity contribution is 6.21. The summed E-state index contributed by atoms with van der Waals surface area (Å²) in [6.45, 7) is 2.77. The fourth-order valence-electron chi connectivity index (χ4n) is 6.95. The van der Waals surface area contributed by atoms with Crippen molar-refractivity contribution in [1.82, 2.24) is 19.8 Å². The number of nitrogens with zero attached hydrogens (tertiary/aromatic N) is 2. The molecule has 0 spiro atoms. The zero-order valence-corrected chi connectivity index (χ0v) is 22.4. The lowest BCUT2D eigenvalue weighted by molar-refractivity contribution is -0.179. The summed E-state index contributed by atoms with van der Waals surface area (Å²) >= 11 is 6.15. The number of carbonyl (C=O) groups is 1. The number of aromatic nitrogens is 2. The fraction of sp³-hybridized carbons (Fsp3) is 0.846. The second kappa shape index (κ2) is 11.7. The molecular formula is C26H40ClF4N5O. The normalized spacial score (nSPS) is 36.2. The van der Waals surface area contributed by atoms with Gasteiger partial charge in [-0.2, -0.15) is 13.2 Å². The standard InChI is InChI=1S/C26H40ClF4N5O/c1-15(17-5-6-22(28)21(27)13-17)34-24(37)19-11-16(14-36-9-8-35(2)25(36)32)10-18(12-19)20-4-3-7-33-23(20)26(29,30)31/h8-9,15-23,32-33H,3-7,10-14H2,1-2H3,(H,34,37)/t15-,16?,17?,18?,19?,20?,21?,22?,23?/m0/s1. The highest BCUT2D eigenvalue weighted by Gasteiger charge is 2.50. The number of hydrogen-bond acceptors (Lipinski definition) is 3. The van der Waals surface area contributed by atoms with Crippen LogP contribution in [0.3, 0.4) is 0 Å². The van der Waals surface area contributed by atoms with Crippen LogP contribution in [0.1, 0.15) is 58.3 Å². The number of hydrogen-bond donors (Lipinski definition) is 3. The van der Waals surface area contributed by atoms with Gasteiger partial charge in [0.05, 0.1) is 5.38 Å². The van der Waals surface area contributed by atoms with Gasteiger partial charge in [0.15, 0.2) is 0 Å². The predicted octanol–water partition coefficient (Wildman–Crippen LogP) is 4.52. The van der Waals surface area contributed by atoms with Crippen molar-refractivity contribution in [2.75, 3.05) is 6.54 Å². The van der Waals surface area contributed by atoms with Crippen molar-refractivity contribution in [3.63, 3.8) is 0 Å². The molecule has 37 heavy (non-hydrogen) atoms. The summed E-state index contributed by atoms with van der Waals surface area (Å²) in [5.41, 5.74) is 0.323. The number of amides is 1. The van der Waals surface area contributed by atoms with E-state index < -0.39 is 35.6 Å². The van der Waals surface area contributed by atoms with E-state index >= 15 is 0 Å². The van der Waals surface area contributed by atoms with E-state index in [2.05, 4.69) is 10.6 Å². The van der Waals surface area contributed by atoms with Gasteiger partial charge in [0, 0.05) is 37.9 Å². The Morgan fingerprint density at radius 3 is 2.62 bits per heavy atom. The van der Waals surface area contributed by atoms with Gasteiger partial charge >= 0.3 is 6.18 Å². The molecular weight excluding hydrogens is 510 g/mol. The molecule has 3 fully saturated rings. The summed E-state index contributed by atoms with van der Waals surface area (Å²) < 4.78 is 59.1. The quantitative estimate of drug-likeness (QED) is 0.360. The average Bonchev–Trinajstić information content (AvgIpc) is 3.17. The molecule has 0 radical (unpaired) electrons. The van der Waals surface area contributed by atoms with Crippen LogP contribution in [0, 0.1) is 35.0 Å². The highest BCUT2D eigenvalue weighted by atomic mass is 35.5. The number of piperidine rings is 1. The number of imidazole rings is 1. The predicted molar refractivity (Wildman–Crippen MR) is 134 cm³/mol. The van der Waals surface area contributed by atoms with E-state index in [1.54, 1.807) is 22.4 Å². The summed E-state index contributed by atoms with van der Waals surface area (Å²) in [5.74, 6) is -1.27. The van der Waals surface area contributed by atoms with Gasteiger partial charge in [-0.3, -0.25) is 10.2 Å². The van der Waals surface area contributed by atoms with E-state index in [0.717, 1.165) is 0 Å². The summed E-state index contributed by atoms with van der Waals surface area (Å²) in [5, 5.41) is 13.5. The number of halogens is 5. The van der Waals surface area contributed by atoms with Crippen LogP contribution in [0.5, 0.6) is 0 Å². The number of aryl methyl sites for hydroxylation is 1. The number of alkyl halides is 5. The first-order chi connectivity index (χ1) is 17.4. The molecule has 9 atom stereocenters. The van der Waals surface area contributed by atoms with Crippen LogP contribution in [-0.4, -0.2) is 51.4 Å². The van der Waals surface area contributed by atoms with E-state index in [0.29, 0.717) is 70.1 Å². The molecule has 0 bridgehead atoms. The van der Waals surface area contributed by atoms with E-state index in [1.807, 2.05) is 13.1 Å². The van der Waals surface area contributed by atoms with E-state index in [4.69, 9.17) is 17.0 Å². The van der Waals surface area contributed by atoms with E-state index in [9.17, 15) is 22.4 Å². The molecule has 0 aromatic carbocycles. The molecule has 11 heteroatoms. The van der Waals surface area contributed by atoms with E-state index in [1.165, 1.54) is 0 Å². The van der Waals surface area contributed by atoms with Crippen LogP contribution in [0.25, 0.3) is 0 Å². The van der Waals surface area contributed by atoms with Crippen LogP contribution < -0.4 is 16.3 Å². The summed E-state index contributed by atoms with van der Waals surface area (Å²) in [6.07, 6.45) is 2.56. The van der Waals surface area contributed by atoms with Gasteiger partial charge < -0.3 is 19.8 Å². The third kappa shape index (κ3) is 6.72. The number of carbonyl (C=O) groups excluding carboxylic acids is 1. The Labute approximate surface area is 221 Å². The van der Waals surface area contributed by atoms with Crippen molar-refractivity contribution in [3.8, 4) is 0 Å². The largest absolute Gasteiger partial charge is 0.404 e.